The maximum Gasteiger partial charge on any atom is 0.0656 e. The number of aliphatic hydroxyl groups is 1. The molecule has 0 aliphatic rings. The maximum atomic E-state index is 9.21. The molecule has 0 aromatic heterocycles. The van der Waals surface area contributed by atoms with Crippen LogP contribution in [0.1, 0.15) is 30.5 Å². The lowest BCUT2D eigenvalue weighted by Gasteiger charge is -2.26. The Kier molecular flexibility index (Phi) is 3.40. The minimum Gasteiger partial charge on any atom is -0.394 e. The molecule has 1 aromatic rings. The Balaban J connectivity index is 3.01. The number of aliphatic hydroxyl groups excluding tert-OH is 1. The van der Waals surface area contributed by atoms with Crippen molar-refractivity contribution in [3.05, 3.63) is 28.8 Å². The number of rotatable bonds is 3. The molecule has 1 aromatic carbocycles. The fraction of sp³-hybridized carbons (Fsp3) is 0.538. The van der Waals surface area contributed by atoms with Gasteiger partial charge in [-0.3, -0.25) is 0 Å². The number of nitrogens with one attached hydrogen (secondary N) is 1. The molecule has 0 saturated heterocycles. The summed E-state index contributed by atoms with van der Waals surface area (Å²) in [6, 6.07) is 4.31. The van der Waals surface area contributed by atoms with E-state index in [1.54, 1.807) is 0 Å². The molecule has 0 atom stereocenters. The first-order chi connectivity index (χ1) is 6.85. The van der Waals surface area contributed by atoms with Gasteiger partial charge >= 0.3 is 0 Å². The van der Waals surface area contributed by atoms with Crippen molar-refractivity contribution in [3.63, 3.8) is 0 Å². The molecule has 1 rings (SSSR count). The standard InChI is InChI=1S/C13H21NO/c1-9-6-11(3)12(7-10(9)2)14-13(4,5)8-15/h6-7,14-15H,8H2,1-5H3. The van der Waals surface area contributed by atoms with Crippen LogP contribution in [0.15, 0.2) is 12.1 Å². The van der Waals surface area contributed by atoms with Crippen molar-refractivity contribution in [1.29, 1.82) is 0 Å². The van der Waals surface area contributed by atoms with E-state index < -0.39 is 0 Å². The molecule has 0 amide bonds. The van der Waals surface area contributed by atoms with Crippen LogP contribution in [0.2, 0.25) is 0 Å². The Morgan fingerprint density at radius 2 is 1.60 bits per heavy atom. The van der Waals surface area contributed by atoms with Crippen LogP contribution < -0.4 is 5.32 Å². The molecule has 15 heavy (non-hydrogen) atoms. The van der Waals surface area contributed by atoms with Crippen LogP contribution in [0.4, 0.5) is 5.69 Å². The molecule has 0 fully saturated rings. The second-order valence-electron chi connectivity index (χ2n) is 4.92. The molecule has 0 spiro atoms. The van der Waals surface area contributed by atoms with Gasteiger partial charge in [-0.15, -0.1) is 0 Å². The van der Waals surface area contributed by atoms with Gasteiger partial charge in [0.05, 0.1) is 12.1 Å². The highest BCUT2D eigenvalue weighted by Gasteiger charge is 2.16. The van der Waals surface area contributed by atoms with Crippen molar-refractivity contribution in [1.82, 2.24) is 0 Å². The molecule has 84 valence electrons. The first-order valence-electron chi connectivity index (χ1n) is 5.32. The van der Waals surface area contributed by atoms with Gasteiger partial charge in [0, 0.05) is 5.69 Å². The zero-order valence-corrected chi connectivity index (χ0v) is 10.3. The molecule has 0 aliphatic heterocycles. The molecule has 2 nitrogen and oxygen atoms in total. The monoisotopic (exact) mass is 207 g/mol. The van der Waals surface area contributed by atoms with Crippen molar-refractivity contribution in [2.45, 2.75) is 40.2 Å². The Morgan fingerprint density at radius 1 is 1.07 bits per heavy atom. The lowest BCUT2D eigenvalue weighted by Crippen LogP contribution is -2.35. The van der Waals surface area contributed by atoms with Gasteiger partial charge in [-0.05, 0) is 57.4 Å². The number of benzene rings is 1. The summed E-state index contributed by atoms with van der Waals surface area (Å²) in [4.78, 5) is 0. The summed E-state index contributed by atoms with van der Waals surface area (Å²) in [5.74, 6) is 0. The summed E-state index contributed by atoms with van der Waals surface area (Å²) in [6.07, 6.45) is 0. The quantitative estimate of drug-likeness (QED) is 0.798. The van der Waals surface area contributed by atoms with E-state index in [0.29, 0.717) is 0 Å². The third-order valence-electron chi connectivity index (χ3n) is 2.71. The van der Waals surface area contributed by atoms with Gasteiger partial charge in [0.1, 0.15) is 0 Å². The lowest BCUT2D eigenvalue weighted by atomic mass is 10.0. The van der Waals surface area contributed by atoms with Crippen LogP contribution in [-0.2, 0) is 0 Å². The minimum atomic E-state index is -0.271. The number of hydrogen-bond donors (Lipinski definition) is 2. The van der Waals surface area contributed by atoms with Gasteiger partial charge in [0.25, 0.3) is 0 Å². The molecule has 2 heteroatoms. The van der Waals surface area contributed by atoms with E-state index >= 15 is 0 Å². The second kappa shape index (κ2) is 4.23. The van der Waals surface area contributed by atoms with E-state index in [4.69, 9.17) is 0 Å². The van der Waals surface area contributed by atoms with Crippen LogP contribution in [0.25, 0.3) is 0 Å². The predicted molar refractivity (Wildman–Crippen MR) is 65.4 cm³/mol. The Labute approximate surface area is 92.3 Å². The summed E-state index contributed by atoms with van der Waals surface area (Å²) in [5, 5.41) is 12.6. The first kappa shape index (κ1) is 12.1. The smallest absolute Gasteiger partial charge is 0.0656 e. The highest BCUT2D eigenvalue weighted by Crippen LogP contribution is 2.23. The van der Waals surface area contributed by atoms with E-state index in [9.17, 15) is 5.11 Å². The normalized spacial score (nSPS) is 11.6. The average molecular weight is 207 g/mol. The first-order valence-corrected chi connectivity index (χ1v) is 5.32. The van der Waals surface area contributed by atoms with Crippen LogP contribution >= 0.6 is 0 Å². The van der Waals surface area contributed by atoms with Gasteiger partial charge in [-0.2, -0.15) is 0 Å². The van der Waals surface area contributed by atoms with Gasteiger partial charge in [0.2, 0.25) is 0 Å². The average Bonchev–Trinajstić information content (AvgIpc) is 2.14. The molecule has 0 bridgehead atoms. The van der Waals surface area contributed by atoms with Gasteiger partial charge in [0.15, 0.2) is 0 Å². The van der Waals surface area contributed by atoms with Crippen LogP contribution in [0, 0.1) is 20.8 Å². The van der Waals surface area contributed by atoms with Crippen molar-refractivity contribution >= 4 is 5.69 Å². The van der Waals surface area contributed by atoms with E-state index in [1.807, 2.05) is 13.8 Å². The topological polar surface area (TPSA) is 32.3 Å². The zero-order chi connectivity index (χ0) is 11.6. The summed E-state index contributed by atoms with van der Waals surface area (Å²) in [7, 11) is 0. The molecule has 2 N–H and O–H groups in total. The number of hydrogen-bond acceptors (Lipinski definition) is 2. The predicted octanol–water partition coefficient (Wildman–Crippen LogP) is 2.79. The second-order valence-corrected chi connectivity index (χ2v) is 4.92. The SMILES string of the molecule is Cc1cc(C)c(NC(C)(C)CO)cc1C. The summed E-state index contributed by atoms with van der Waals surface area (Å²) < 4.78 is 0. The number of anilines is 1. The Morgan fingerprint density at radius 3 is 2.13 bits per heavy atom. The van der Waals surface area contributed by atoms with Crippen LogP contribution in [0.3, 0.4) is 0 Å². The fourth-order valence-electron chi connectivity index (χ4n) is 1.50. The molecule has 0 aliphatic carbocycles. The third kappa shape index (κ3) is 2.96. The molecular formula is C13H21NO. The van der Waals surface area contributed by atoms with Gasteiger partial charge < -0.3 is 10.4 Å². The lowest BCUT2D eigenvalue weighted by molar-refractivity contribution is 0.234. The Bertz CT molecular complexity index is 356. The number of aryl methyl sites for hydroxylation is 3. The zero-order valence-electron chi connectivity index (χ0n) is 10.3. The van der Waals surface area contributed by atoms with Crippen molar-refractivity contribution in [2.24, 2.45) is 0 Å². The minimum absolute atomic E-state index is 0.124. The van der Waals surface area contributed by atoms with Crippen molar-refractivity contribution < 1.29 is 5.11 Å². The van der Waals surface area contributed by atoms with Gasteiger partial charge in [-0.1, -0.05) is 6.07 Å². The summed E-state index contributed by atoms with van der Waals surface area (Å²) in [5.41, 5.74) is 4.64. The van der Waals surface area contributed by atoms with Gasteiger partial charge in [-0.25, -0.2) is 0 Å². The van der Waals surface area contributed by atoms with E-state index in [1.165, 1.54) is 16.7 Å². The molecule has 0 saturated carbocycles. The van der Waals surface area contributed by atoms with E-state index in [2.05, 4.69) is 38.2 Å². The van der Waals surface area contributed by atoms with E-state index in [0.717, 1.165) is 5.69 Å². The van der Waals surface area contributed by atoms with Crippen LogP contribution in [-0.4, -0.2) is 17.3 Å². The van der Waals surface area contributed by atoms with Crippen molar-refractivity contribution in [3.8, 4) is 0 Å². The van der Waals surface area contributed by atoms with E-state index in [-0.39, 0.29) is 12.1 Å². The summed E-state index contributed by atoms with van der Waals surface area (Å²) >= 11 is 0. The molecule has 0 radical (unpaired) electrons. The largest absolute Gasteiger partial charge is 0.394 e. The highest BCUT2D eigenvalue weighted by molar-refractivity contribution is 5.56. The third-order valence-corrected chi connectivity index (χ3v) is 2.71. The molecular weight excluding hydrogens is 186 g/mol. The van der Waals surface area contributed by atoms with Crippen molar-refractivity contribution in [2.75, 3.05) is 11.9 Å². The summed E-state index contributed by atoms with van der Waals surface area (Å²) in [6.45, 7) is 10.4. The fourth-order valence-corrected chi connectivity index (χ4v) is 1.50. The maximum absolute atomic E-state index is 9.21. The highest BCUT2D eigenvalue weighted by atomic mass is 16.3. The molecule has 0 unspecified atom stereocenters. The molecule has 0 heterocycles. The van der Waals surface area contributed by atoms with Crippen LogP contribution in [0.5, 0.6) is 0 Å². The Hall–Kier alpha value is -1.02.